The SMILES string of the molecule is CC(C=CC1=C(C)CCCC1(C)C)=CC=CC(C)=CC(=O)NCCOc1cnco1. The molecule has 162 valence electrons. The average molecular weight is 411 g/mol. The lowest BCUT2D eigenvalue weighted by atomic mass is 9.72. The van der Waals surface area contributed by atoms with Crippen LogP contribution in [0.15, 0.2) is 75.8 Å². The molecular formula is C25H34N2O3. The largest absolute Gasteiger partial charge is 0.462 e. The summed E-state index contributed by atoms with van der Waals surface area (Å²) in [4.78, 5) is 15.7. The van der Waals surface area contributed by atoms with E-state index in [0.29, 0.717) is 19.1 Å². The maximum Gasteiger partial charge on any atom is 0.305 e. The molecule has 1 amide bonds. The summed E-state index contributed by atoms with van der Waals surface area (Å²) in [6.07, 6.45) is 18.5. The Bertz CT molecular complexity index is 853. The summed E-state index contributed by atoms with van der Waals surface area (Å²) in [5.74, 6) is 0.189. The fourth-order valence-corrected chi connectivity index (χ4v) is 3.54. The van der Waals surface area contributed by atoms with E-state index in [9.17, 15) is 4.79 Å². The van der Waals surface area contributed by atoms with E-state index in [4.69, 9.17) is 9.15 Å². The molecule has 1 aromatic heterocycles. The Morgan fingerprint density at radius 3 is 2.80 bits per heavy atom. The summed E-state index contributed by atoms with van der Waals surface area (Å²) in [6.45, 7) is 11.6. The predicted molar refractivity (Wildman–Crippen MR) is 121 cm³/mol. The second-order valence-corrected chi connectivity index (χ2v) is 8.38. The number of oxazole rings is 1. The zero-order valence-corrected chi connectivity index (χ0v) is 18.8. The van der Waals surface area contributed by atoms with Crippen molar-refractivity contribution in [3.05, 3.63) is 71.3 Å². The molecule has 0 spiro atoms. The van der Waals surface area contributed by atoms with E-state index in [1.807, 2.05) is 19.1 Å². The van der Waals surface area contributed by atoms with Crippen LogP contribution >= 0.6 is 0 Å². The molecule has 30 heavy (non-hydrogen) atoms. The Morgan fingerprint density at radius 1 is 1.30 bits per heavy atom. The van der Waals surface area contributed by atoms with Crippen LogP contribution in [0.3, 0.4) is 0 Å². The standard InChI is InChI=1S/C25H34N2O3/c1-19(11-12-22-21(3)10-7-13-25(22,4)5)8-6-9-20(2)16-23(28)27-14-15-29-24-17-26-18-30-24/h6,8-9,11-12,16-18H,7,10,13-15H2,1-5H3,(H,27,28). The van der Waals surface area contributed by atoms with Crippen molar-refractivity contribution in [3.8, 4) is 5.95 Å². The Kier molecular flexibility index (Phi) is 8.90. The first-order chi connectivity index (χ1) is 14.3. The zero-order valence-electron chi connectivity index (χ0n) is 18.8. The van der Waals surface area contributed by atoms with Crippen LogP contribution in [0.25, 0.3) is 0 Å². The molecule has 0 saturated heterocycles. The number of amides is 1. The molecule has 2 rings (SSSR count). The van der Waals surface area contributed by atoms with Crippen molar-refractivity contribution in [3.63, 3.8) is 0 Å². The van der Waals surface area contributed by atoms with E-state index in [1.54, 1.807) is 6.08 Å². The molecule has 0 atom stereocenters. The molecule has 0 radical (unpaired) electrons. The Balaban J connectivity index is 1.80. The second-order valence-electron chi connectivity index (χ2n) is 8.38. The number of nitrogens with one attached hydrogen (secondary N) is 1. The lowest BCUT2D eigenvalue weighted by Crippen LogP contribution is -2.26. The number of ether oxygens (including phenoxy) is 1. The van der Waals surface area contributed by atoms with Crippen LogP contribution in [0.1, 0.15) is 53.9 Å². The highest BCUT2D eigenvalue weighted by Crippen LogP contribution is 2.40. The number of allylic oxidation sites excluding steroid dienone is 9. The monoisotopic (exact) mass is 410 g/mol. The molecule has 1 heterocycles. The normalized spacial score (nSPS) is 17.8. The number of rotatable bonds is 9. The van der Waals surface area contributed by atoms with Gasteiger partial charge < -0.3 is 14.5 Å². The van der Waals surface area contributed by atoms with Crippen molar-refractivity contribution in [2.45, 2.75) is 53.9 Å². The Morgan fingerprint density at radius 2 is 2.10 bits per heavy atom. The van der Waals surface area contributed by atoms with E-state index < -0.39 is 0 Å². The van der Waals surface area contributed by atoms with Gasteiger partial charge in [0.05, 0.1) is 6.54 Å². The molecule has 0 fully saturated rings. The highest BCUT2D eigenvalue weighted by atomic mass is 16.6. The van der Waals surface area contributed by atoms with Gasteiger partial charge in [0.15, 0.2) is 6.39 Å². The fourth-order valence-electron chi connectivity index (χ4n) is 3.54. The Labute approximate surface area is 180 Å². The van der Waals surface area contributed by atoms with Crippen LogP contribution in [-0.4, -0.2) is 24.0 Å². The fraction of sp³-hybridized carbons (Fsp3) is 0.440. The summed E-state index contributed by atoms with van der Waals surface area (Å²) in [7, 11) is 0. The van der Waals surface area contributed by atoms with Crippen LogP contribution in [0.4, 0.5) is 0 Å². The van der Waals surface area contributed by atoms with Crippen molar-refractivity contribution >= 4 is 5.91 Å². The maximum absolute atomic E-state index is 11.9. The van der Waals surface area contributed by atoms with Gasteiger partial charge in [0.25, 0.3) is 0 Å². The summed E-state index contributed by atoms with van der Waals surface area (Å²) < 4.78 is 10.2. The van der Waals surface area contributed by atoms with E-state index in [2.05, 4.69) is 56.2 Å². The van der Waals surface area contributed by atoms with Crippen molar-refractivity contribution < 1.29 is 13.9 Å². The van der Waals surface area contributed by atoms with Gasteiger partial charge in [-0.05, 0) is 56.6 Å². The number of aromatic nitrogens is 1. The van der Waals surface area contributed by atoms with Gasteiger partial charge in [0.1, 0.15) is 12.8 Å². The molecule has 1 N–H and O–H groups in total. The molecule has 1 aliphatic carbocycles. The molecule has 1 aromatic rings. The molecule has 5 heteroatoms. The molecule has 0 unspecified atom stereocenters. The smallest absolute Gasteiger partial charge is 0.305 e. The van der Waals surface area contributed by atoms with Crippen molar-refractivity contribution in [1.29, 1.82) is 0 Å². The first-order valence-corrected chi connectivity index (χ1v) is 10.5. The summed E-state index contributed by atoms with van der Waals surface area (Å²) >= 11 is 0. The molecule has 0 aliphatic heterocycles. The van der Waals surface area contributed by atoms with E-state index in [0.717, 1.165) is 5.57 Å². The lowest BCUT2D eigenvalue weighted by molar-refractivity contribution is -0.116. The number of nitrogens with zero attached hydrogens (tertiary/aromatic N) is 1. The second kappa shape index (κ2) is 11.4. The van der Waals surface area contributed by atoms with Crippen molar-refractivity contribution in [1.82, 2.24) is 10.3 Å². The minimum Gasteiger partial charge on any atom is -0.462 e. The van der Waals surface area contributed by atoms with Gasteiger partial charge in [-0.15, -0.1) is 0 Å². The zero-order chi connectivity index (χ0) is 22.0. The van der Waals surface area contributed by atoms with Gasteiger partial charge in [-0.25, -0.2) is 4.98 Å². The van der Waals surface area contributed by atoms with Gasteiger partial charge in [0, 0.05) is 6.08 Å². The number of carbonyl (C=O) groups is 1. The van der Waals surface area contributed by atoms with Gasteiger partial charge in [-0.3, -0.25) is 4.79 Å². The summed E-state index contributed by atoms with van der Waals surface area (Å²) in [5, 5.41) is 2.78. The Hall–Kier alpha value is -2.82. The maximum atomic E-state index is 11.9. The van der Waals surface area contributed by atoms with Crippen LogP contribution in [0.2, 0.25) is 0 Å². The molecule has 0 saturated carbocycles. The highest BCUT2D eigenvalue weighted by molar-refractivity contribution is 5.88. The average Bonchev–Trinajstić information content (AvgIpc) is 3.18. The highest BCUT2D eigenvalue weighted by Gasteiger charge is 2.26. The van der Waals surface area contributed by atoms with Crippen LogP contribution < -0.4 is 10.1 Å². The first kappa shape index (κ1) is 23.5. The van der Waals surface area contributed by atoms with Crippen molar-refractivity contribution in [2.24, 2.45) is 5.41 Å². The van der Waals surface area contributed by atoms with Crippen LogP contribution in [0.5, 0.6) is 5.95 Å². The van der Waals surface area contributed by atoms with E-state index >= 15 is 0 Å². The number of hydrogen-bond donors (Lipinski definition) is 1. The predicted octanol–water partition coefficient (Wildman–Crippen LogP) is 5.70. The third-order valence-corrected chi connectivity index (χ3v) is 5.19. The number of carbonyl (C=O) groups excluding carboxylic acids is 1. The minimum atomic E-state index is -0.152. The molecule has 5 nitrogen and oxygen atoms in total. The van der Waals surface area contributed by atoms with Crippen LogP contribution in [0, 0.1) is 5.41 Å². The minimum absolute atomic E-state index is 0.152. The summed E-state index contributed by atoms with van der Waals surface area (Å²) in [6, 6.07) is 0. The van der Waals surface area contributed by atoms with Gasteiger partial charge in [-0.1, -0.05) is 55.4 Å². The van der Waals surface area contributed by atoms with E-state index in [-0.39, 0.29) is 11.3 Å². The van der Waals surface area contributed by atoms with Gasteiger partial charge in [0.2, 0.25) is 5.91 Å². The van der Waals surface area contributed by atoms with E-state index in [1.165, 1.54) is 48.6 Å². The third-order valence-electron chi connectivity index (χ3n) is 5.19. The number of hydrogen-bond acceptors (Lipinski definition) is 4. The van der Waals surface area contributed by atoms with Gasteiger partial charge >= 0.3 is 5.95 Å². The summed E-state index contributed by atoms with van der Waals surface area (Å²) in [5.41, 5.74) is 5.27. The van der Waals surface area contributed by atoms with Crippen LogP contribution in [-0.2, 0) is 4.79 Å². The third kappa shape index (κ3) is 7.90. The van der Waals surface area contributed by atoms with Gasteiger partial charge in [-0.2, -0.15) is 0 Å². The molecular weight excluding hydrogens is 376 g/mol. The topological polar surface area (TPSA) is 64.4 Å². The molecule has 1 aliphatic rings. The quantitative estimate of drug-likeness (QED) is 0.322. The first-order valence-electron chi connectivity index (χ1n) is 10.5. The lowest BCUT2D eigenvalue weighted by Gasteiger charge is -2.32. The molecule has 0 bridgehead atoms. The van der Waals surface area contributed by atoms with Crippen molar-refractivity contribution in [2.75, 3.05) is 13.2 Å². The molecule has 0 aromatic carbocycles.